The first-order valence-corrected chi connectivity index (χ1v) is 9.91. The molecule has 3 aliphatic heterocycles. The van der Waals surface area contributed by atoms with Gasteiger partial charge in [0.15, 0.2) is 0 Å². The normalized spacial score (nSPS) is 26.6. The second-order valence-corrected chi connectivity index (χ2v) is 8.03. The minimum absolute atomic E-state index is 0.0808. The van der Waals surface area contributed by atoms with Crippen molar-refractivity contribution in [3.63, 3.8) is 0 Å². The molecule has 3 heterocycles. The van der Waals surface area contributed by atoms with Crippen LogP contribution in [0.1, 0.15) is 43.7 Å². The summed E-state index contributed by atoms with van der Waals surface area (Å²) in [7, 11) is 0. The van der Waals surface area contributed by atoms with Crippen molar-refractivity contribution in [2.24, 2.45) is 5.41 Å². The predicted octanol–water partition coefficient (Wildman–Crippen LogP) is 2.85. The quantitative estimate of drug-likeness (QED) is 0.788. The molecule has 0 amide bonds. The van der Waals surface area contributed by atoms with Crippen LogP contribution in [0.5, 0.6) is 0 Å². The molecule has 2 fully saturated rings. The summed E-state index contributed by atoms with van der Waals surface area (Å²) >= 11 is 0. The zero-order valence-corrected chi connectivity index (χ0v) is 15.4. The summed E-state index contributed by atoms with van der Waals surface area (Å²) in [5.74, 6) is 0.0808. The number of carbonyl (C=O) groups excluding carboxylic acids is 1. The van der Waals surface area contributed by atoms with E-state index in [1.807, 2.05) is 0 Å². The van der Waals surface area contributed by atoms with Gasteiger partial charge in [0, 0.05) is 26.1 Å². The zero-order valence-electron chi connectivity index (χ0n) is 15.4. The number of hydrogen-bond acceptors (Lipinski definition) is 4. The number of hydrogen-bond donors (Lipinski definition) is 0. The smallest absolute Gasteiger partial charge is 0.312 e. The van der Waals surface area contributed by atoms with Crippen molar-refractivity contribution in [1.29, 1.82) is 0 Å². The molecule has 4 nitrogen and oxygen atoms in total. The maximum absolute atomic E-state index is 12.5. The van der Waals surface area contributed by atoms with Crippen LogP contribution in [0.25, 0.3) is 0 Å². The van der Waals surface area contributed by atoms with Gasteiger partial charge in [-0.2, -0.15) is 0 Å². The highest BCUT2D eigenvalue weighted by Crippen LogP contribution is 2.43. The molecule has 0 aromatic heterocycles. The van der Waals surface area contributed by atoms with Gasteiger partial charge >= 0.3 is 5.97 Å². The SMILES string of the molecule is CCN1CCC2(CC1)CC(CCN1CCc3ccccc3C1)OC2=O. The Balaban J connectivity index is 1.29. The highest BCUT2D eigenvalue weighted by molar-refractivity contribution is 5.79. The lowest BCUT2D eigenvalue weighted by Gasteiger charge is -2.36. The van der Waals surface area contributed by atoms with Gasteiger partial charge in [0.05, 0.1) is 5.41 Å². The molecule has 3 aliphatic rings. The van der Waals surface area contributed by atoms with Crippen LogP contribution in [0.2, 0.25) is 0 Å². The summed E-state index contributed by atoms with van der Waals surface area (Å²) < 4.78 is 5.80. The summed E-state index contributed by atoms with van der Waals surface area (Å²) in [4.78, 5) is 17.5. The number of likely N-dealkylation sites (tertiary alicyclic amines) is 1. The number of piperidine rings is 1. The third-order valence-corrected chi connectivity index (χ3v) is 6.56. The summed E-state index contributed by atoms with van der Waals surface area (Å²) in [6.45, 7) is 8.56. The van der Waals surface area contributed by atoms with Gasteiger partial charge in [-0.15, -0.1) is 0 Å². The molecule has 0 bridgehead atoms. The van der Waals surface area contributed by atoms with Crippen LogP contribution in [0.4, 0.5) is 0 Å². The Bertz CT molecular complexity index is 622. The number of esters is 1. The van der Waals surface area contributed by atoms with E-state index in [-0.39, 0.29) is 17.5 Å². The lowest BCUT2D eigenvalue weighted by molar-refractivity contribution is -0.151. The average molecular weight is 342 g/mol. The summed E-state index contributed by atoms with van der Waals surface area (Å²) in [5.41, 5.74) is 2.78. The Kier molecular flexibility index (Phi) is 4.83. The van der Waals surface area contributed by atoms with E-state index in [0.29, 0.717) is 0 Å². The van der Waals surface area contributed by atoms with Crippen LogP contribution in [0.3, 0.4) is 0 Å². The summed E-state index contributed by atoms with van der Waals surface area (Å²) in [5, 5.41) is 0. The summed E-state index contributed by atoms with van der Waals surface area (Å²) in [6, 6.07) is 8.76. The standard InChI is InChI=1S/C21H30N2O2/c1-2-22-13-9-21(10-14-22)15-19(25-20(21)24)8-12-23-11-7-17-5-3-4-6-18(17)16-23/h3-6,19H,2,7-16H2,1H3. The molecule has 1 atom stereocenters. The maximum atomic E-state index is 12.5. The lowest BCUT2D eigenvalue weighted by atomic mass is 9.76. The molecular weight excluding hydrogens is 312 g/mol. The summed E-state index contributed by atoms with van der Waals surface area (Å²) in [6.07, 6.45) is 5.14. The van der Waals surface area contributed by atoms with E-state index in [1.165, 1.54) is 11.1 Å². The number of fused-ring (bicyclic) bond motifs is 1. The predicted molar refractivity (Wildman–Crippen MR) is 98.3 cm³/mol. The highest BCUT2D eigenvalue weighted by atomic mass is 16.6. The van der Waals surface area contributed by atoms with Crippen LogP contribution >= 0.6 is 0 Å². The van der Waals surface area contributed by atoms with Gasteiger partial charge in [0.25, 0.3) is 0 Å². The van der Waals surface area contributed by atoms with Crippen molar-refractivity contribution in [3.05, 3.63) is 35.4 Å². The van der Waals surface area contributed by atoms with Gasteiger partial charge in [-0.25, -0.2) is 0 Å². The van der Waals surface area contributed by atoms with E-state index < -0.39 is 0 Å². The van der Waals surface area contributed by atoms with Gasteiger partial charge in [-0.05, 0) is 56.4 Å². The van der Waals surface area contributed by atoms with Gasteiger partial charge in [-0.1, -0.05) is 31.2 Å². The number of benzene rings is 1. The van der Waals surface area contributed by atoms with Crippen LogP contribution in [0, 0.1) is 5.41 Å². The second-order valence-electron chi connectivity index (χ2n) is 8.03. The molecule has 1 spiro atoms. The maximum Gasteiger partial charge on any atom is 0.312 e. The van der Waals surface area contributed by atoms with Crippen molar-refractivity contribution < 1.29 is 9.53 Å². The number of carbonyl (C=O) groups is 1. The Morgan fingerprint density at radius 3 is 2.64 bits per heavy atom. The van der Waals surface area contributed by atoms with Crippen LogP contribution < -0.4 is 0 Å². The van der Waals surface area contributed by atoms with E-state index >= 15 is 0 Å². The third kappa shape index (κ3) is 3.47. The van der Waals surface area contributed by atoms with Crippen molar-refractivity contribution in [3.8, 4) is 0 Å². The van der Waals surface area contributed by atoms with Crippen molar-refractivity contribution >= 4 is 5.97 Å². The van der Waals surface area contributed by atoms with E-state index in [2.05, 4.69) is 41.0 Å². The number of ether oxygens (including phenoxy) is 1. The molecule has 0 radical (unpaired) electrons. The fourth-order valence-corrected chi connectivity index (χ4v) is 4.78. The van der Waals surface area contributed by atoms with Crippen molar-refractivity contribution in [2.75, 3.05) is 32.7 Å². The molecule has 1 aromatic carbocycles. The number of cyclic esters (lactones) is 1. The molecule has 0 saturated carbocycles. The van der Waals surface area contributed by atoms with Crippen molar-refractivity contribution in [1.82, 2.24) is 9.80 Å². The molecule has 2 saturated heterocycles. The zero-order chi connectivity index (χ0) is 17.3. The molecule has 1 unspecified atom stereocenters. The topological polar surface area (TPSA) is 32.8 Å². The van der Waals surface area contributed by atoms with Crippen LogP contribution in [-0.4, -0.2) is 54.6 Å². The Hall–Kier alpha value is -1.39. The third-order valence-electron chi connectivity index (χ3n) is 6.56. The van der Waals surface area contributed by atoms with Gasteiger partial charge < -0.3 is 9.64 Å². The second kappa shape index (κ2) is 7.08. The molecule has 0 N–H and O–H groups in total. The van der Waals surface area contributed by atoms with Crippen LogP contribution in [-0.2, 0) is 22.5 Å². The minimum Gasteiger partial charge on any atom is -0.462 e. The Morgan fingerprint density at radius 1 is 1.12 bits per heavy atom. The van der Waals surface area contributed by atoms with E-state index in [4.69, 9.17) is 4.74 Å². The molecule has 0 aliphatic carbocycles. The first kappa shape index (κ1) is 17.0. The first-order chi connectivity index (χ1) is 12.2. The first-order valence-electron chi connectivity index (χ1n) is 9.91. The van der Waals surface area contributed by atoms with Crippen molar-refractivity contribution in [2.45, 2.75) is 51.7 Å². The average Bonchev–Trinajstić information content (AvgIpc) is 2.96. The molecule has 25 heavy (non-hydrogen) atoms. The largest absolute Gasteiger partial charge is 0.462 e. The van der Waals surface area contributed by atoms with E-state index in [0.717, 1.165) is 71.4 Å². The molecule has 4 rings (SSSR count). The van der Waals surface area contributed by atoms with E-state index in [9.17, 15) is 4.79 Å². The Labute approximate surface area is 151 Å². The van der Waals surface area contributed by atoms with Gasteiger partial charge in [-0.3, -0.25) is 9.69 Å². The molecule has 4 heteroatoms. The number of nitrogens with zero attached hydrogens (tertiary/aromatic N) is 2. The molecule has 1 aromatic rings. The lowest BCUT2D eigenvalue weighted by Crippen LogP contribution is -2.42. The Morgan fingerprint density at radius 2 is 1.88 bits per heavy atom. The molecule has 136 valence electrons. The fraction of sp³-hybridized carbons (Fsp3) is 0.667. The minimum atomic E-state index is -0.176. The molecular formula is C21H30N2O2. The van der Waals surface area contributed by atoms with Gasteiger partial charge in [0.1, 0.15) is 6.10 Å². The van der Waals surface area contributed by atoms with E-state index in [1.54, 1.807) is 0 Å². The fourth-order valence-electron chi connectivity index (χ4n) is 4.78. The highest BCUT2D eigenvalue weighted by Gasteiger charge is 2.49. The number of rotatable bonds is 4. The van der Waals surface area contributed by atoms with Crippen LogP contribution in [0.15, 0.2) is 24.3 Å². The van der Waals surface area contributed by atoms with Gasteiger partial charge in [0.2, 0.25) is 0 Å². The monoisotopic (exact) mass is 342 g/mol.